The molecule has 3 rings (SSSR count). The molecular weight excluding hydrogens is 466 g/mol. The van der Waals surface area contributed by atoms with E-state index in [4.69, 9.17) is 4.74 Å². The van der Waals surface area contributed by atoms with Gasteiger partial charge in [-0.05, 0) is 63.3 Å². The van der Waals surface area contributed by atoms with Gasteiger partial charge in [-0.2, -0.15) is 4.31 Å². The molecular formula is C26H35N3O5S. The van der Waals surface area contributed by atoms with Crippen LogP contribution in [0, 0.1) is 19.8 Å². The Bertz CT molecular complexity index is 1110. The first-order chi connectivity index (χ1) is 16.7. The van der Waals surface area contributed by atoms with Crippen molar-refractivity contribution in [1.29, 1.82) is 0 Å². The molecule has 1 saturated heterocycles. The second-order valence-corrected chi connectivity index (χ2v) is 11.0. The molecule has 1 aliphatic rings. The Hall–Kier alpha value is -2.75. The van der Waals surface area contributed by atoms with Crippen molar-refractivity contribution in [2.24, 2.45) is 5.92 Å². The van der Waals surface area contributed by atoms with Gasteiger partial charge >= 0.3 is 0 Å². The molecule has 1 unspecified atom stereocenters. The van der Waals surface area contributed by atoms with Crippen LogP contribution in [0.2, 0.25) is 0 Å². The van der Waals surface area contributed by atoms with Gasteiger partial charge in [0.25, 0.3) is 5.91 Å². The van der Waals surface area contributed by atoms with Gasteiger partial charge < -0.3 is 15.4 Å². The normalized spacial score (nSPS) is 16.0. The number of benzene rings is 2. The molecule has 1 aliphatic heterocycles. The fourth-order valence-corrected chi connectivity index (χ4v) is 5.72. The van der Waals surface area contributed by atoms with Gasteiger partial charge in [0.05, 0.1) is 4.90 Å². The second kappa shape index (κ2) is 12.3. The summed E-state index contributed by atoms with van der Waals surface area (Å²) in [5, 5.41) is 5.80. The lowest BCUT2D eigenvalue weighted by Crippen LogP contribution is -2.54. The Morgan fingerprint density at radius 3 is 2.37 bits per heavy atom. The number of piperidine rings is 1. The van der Waals surface area contributed by atoms with Crippen molar-refractivity contribution in [2.45, 2.75) is 44.0 Å². The first-order valence-electron chi connectivity index (χ1n) is 11.9. The van der Waals surface area contributed by atoms with Crippen molar-refractivity contribution in [1.82, 2.24) is 14.9 Å². The number of carbonyl (C=O) groups is 2. The third-order valence-corrected chi connectivity index (χ3v) is 8.22. The van der Waals surface area contributed by atoms with Crippen LogP contribution in [0.15, 0.2) is 53.4 Å². The zero-order chi connectivity index (χ0) is 25.4. The number of amides is 2. The molecule has 2 N–H and O–H groups in total. The summed E-state index contributed by atoms with van der Waals surface area (Å²) >= 11 is 0. The second-order valence-electron chi connectivity index (χ2n) is 9.01. The number of hydrogen-bond acceptors (Lipinski definition) is 5. The van der Waals surface area contributed by atoms with Crippen molar-refractivity contribution in [3.05, 3.63) is 65.2 Å². The predicted octanol–water partition coefficient (Wildman–Crippen LogP) is 2.66. The smallest absolute Gasteiger partial charge is 0.251 e. The molecule has 0 bridgehead atoms. The Balaban J connectivity index is 1.71. The standard InChI is InChI=1S/C26H35N3O5S/c1-19-8-10-23(11-9-19)35(32,33)29-15-12-21(13-16-29)24(26(31)27-14-5-17-34-3)28-25(30)22-7-4-6-20(2)18-22/h4,6-11,18,21,24H,5,12-17H2,1-3H3,(H,27,31)(H,28,30). The topological polar surface area (TPSA) is 105 Å². The quantitative estimate of drug-likeness (QED) is 0.487. The van der Waals surface area contributed by atoms with E-state index in [2.05, 4.69) is 10.6 Å². The monoisotopic (exact) mass is 501 g/mol. The van der Waals surface area contributed by atoms with Gasteiger partial charge in [-0.15, -0.1) is 0 Å². The van der Waals surface area contributed by atoms with Crippen LogP contribution in [0.3, 0.4) is 0 Å². The van der Waals surface area contributed by atoms with Crippen molar-refractivity contribution in [3.63, 3.8) is 0 Å². The number of methoxy groups -OCH3 is 1. The minimum Gasteiger partial charge on any atom is -0.385 e. The largest absolute Gasteiger partial charge is 0.385 e. The minimum atomic E-state index is -3.61. The molecule has 0 aliphatic carbocycles. The fraction of sp³-hybridized carbons (Fsp3) is 0.462. The van der Waals surface area contributed by atoms with Gasteiger partial charge in [0, 0.05) is 38.9 Å². The number of nitrogens with one attached hydrogen (secondary N) is 2. The van der Waals surface area contributed by atoms with Crippen molar-refractivity contribution < 1.29 is 22.7 Å². The minimum absolute atomic E-state index is 0.185. The number of nitrogens with zero attached hydrogens (tertiary/aromatic N) is 1. The zero-order valence-corrected chi connectivity index (χ0v) is 21.4. The summed E-state index contributed by atoms with van der Waals surface area (Å²) in [5.41, 5.74) is 2.43. The summed E-state index contributed by atoms with van der Waals surface area (Å²) < 4.78 is 32.6. The number of ether oxygens (including phenoxy) is 1. The van der Waals surface area contributed by atoms with E-state index in [1.807, 2.05) is 19.9 Å². The Labute approximate surface area is 208 Å². The molecule has 0 radical (unpaired) electrons. The van der Waals surface area contributed by atoms with Crippen LogP contribution in [0.25, 0.3) is 0 Å². The van der Waals surface area contributed by atoms with Crippen LogP contribution in [0.1, 0.15) is 40.7 Å². The lowest BCUT2D eigenvalue weighted by molar-refractivity contribution is -0.124. The van der Waals surface area contributed by atoms with Crippen LogP contribution in [-0.2, 0) is 19.6 Å². The molecule has 35 heavy (non-hydrogen) atoms. The van der Waals surface area contributed by atoms with E-state index in [9.17, 15) is 18.0 Å². The Kier molecular flexibility index (Phi) is 9.42. The van der Waals surface area contributed by atoms with Crippen molar-refractivity contribution in [3.8, 4) is 0 Å². The third-order valence-electron chi connectivity index (χ3n) is 6.30. The maximum atomic E-state index is 13.1. The van der Waals surface area contributed by atoms with Gasteiger partial charge in [-0.3, -0.25) is 9.59 Å². The summed E-state index contributed by atoms with van der Waals surface area (Å²) in [6.45, 7) is 5.34. The van der Waals surface area contributed by atoms with Crippen LogP contribution in [-0.4, -0.2) is 63.9 Å². The first-order valence-corrected chi connectivity index (χ1v) is 13.4. The molecule has 9 heteroatoms. The zero-order valence-electron chi connectivity index (χ0n) is 20.6. The lowest BCUT2D eigenvalue weighted by Gasteiger charge is -2.35. The maximum absolute atomic E-state index is 13.1. The number of hydrogen-bond donors (Lipinski definition) is 2. The van der Waals surface area contributed by atoms with E-state index in [-0.39, 0.29) is 35.7 Å². The number of carbonyl (C=O) groups excluding carboxylic acids is 2. The molecule has 0 saturated carbocycles. The Morgan fingerprint density at radius 1 is 1.06 bits per heavy atom. The van der Waals surface area contributed by atoms with Crippen molar-refractivity contribution in [2.75, 3.05) is 33.4 Å². The van der Waals surface area contributed by atoms with Gasteiger partial charge in [-0.1, -0.05) is 35.4 Å². The molecule has 1 heterocycles. The molecule has 0 spiro atoms. The molecule has 0 aromatic heterocycles. The van der Waals surface area contributed by atoms with E-state index < -0.39 is 16.1 Å². The van der Waals surface area contributed by atoms with Gasteiger partial charge in [0.2, 0.25) is 15.9 Å². The fourth-order valence-electron chi connectivity index (χ4n) is 4.26. The summed E-state index contributed by atoms with van der Waals surface area (Å²) in [6, 6.07) is 13.2. The highest BCUT2D eigenvalue weighted by Crippen LogP contribution is 2.26. The van der Waals surface area contributed by atoms with Crippen LogP contribution >= 0.6 is 0 Å². The van der Waals surface area contributed by atoms with E-state index in [0.29, 0.717) is 38.0 Å². The van der Waals surface area contributed by atoms with Crippen LogP contribution in [0.5, 0.6) is 0 Å². The summed E-state index contributed by atoms with van der Waals surface area (Å²) in [4.78, 5) is 26.3. The van der Waals surface area contributed by atoms with Gasteiger partial charge in [0.1, 0.15) is 6.04 Å². The maximum Gasteiger partial charge on any atom is 0.251 e. The SMILES string of the molecule is COCCCNC(=O)C(NC(=O)c1cccc(C)c1)C1CCN(S(=O)(=O)c2ccc(C)cc2)CC1. The van der Waals surface area contributed by atoms with Crippen LogP contribution < -0.4 is 10.6 Å². The highest BCUT2D eigenvalue weighted by atomic mass is 32.2. The summed E-state index contributed by atoms with van der Waals surface area (Å²) in [5.74, 6) is -0.766. The summed E-state index contributed by atoms with van der Waals surface area (Å²) in [6.07, 6.45) is 1.60. The molecule has 8 nitrogen and oxygen atoms in total. The average Bonchev–Trinajstić information content (AvgIpc) is 2.85. The van der Waals surface area contributed by atoms with Crippen molar-refractivity contribution >= 4 is 21.8 Å². The highest BCUT2D eigenvalue weighted by Gasteiger charge is 2.36. The van der Waals surface area contributed by atoms with E-state index in [1.54, 1.807) is 49.6 Å². The van der Waals surface area contributed by atoms with E-state index in [0.717, 1.165) is 11.1 Å². The molecule has 2 aromatic rings. The van der Waals surface area contributed by atoms with E-state index >= 15 is 0 Å². The lowest BCUT2D eigenvalue weighted by atomic mass is 9.89. The summed E-state index contributed by atoms with van der Waals surface area (Å²) in [7, 11) is -2.01. The van der Waals surface area contributed by atoms with Gasteiger partial charge in [0.15, 0.2) is 0 Å². The molecule has 2 amide bonds. The number of sulfonamides is 1. The number of rotatable bonds is 10. The third kappa shape index (κ3) is 7.13. The molecule has 190 valence electrons. The molecule has 2 aromatic carbocycles. The number of aryl methyl sites for hydroxylation is 2. The highest BCUT2D eigenvalue weighted by molar-refractivity contribution is 7.89. The van der Waals surface area contributed by atoms with Gasteiger partial charge in [-0.25, -0.2) is 8.42 Å². The average molecular weight is 502 g/mol. The molecule has 1 atom stereocenters. The Morgan fingerprint density at radius 2 is 1.74 bits per heavy atom. The molecule has 1 fully saturated rings. The van der Waals surface area contributed by atoms with E-state index in [1.165, 1.54) is 4.31 Å². The van der Waals surface area contributed by atoms with Crippen LogP contribution in [0.4, 0.5) is 0 Å². The predicted molar refractivity (Wildman–Crippen MR) is 135 cm³/mol. The first kappa shape index (κ1) is 26.8.